The summed E-state index contributed by atoms with van der Waals surface area (Å²) in [6.45, 7) is 0.147. The summed E-state index contributed by atoms with van der Waals surface area (Å²) in [6.07, 6.45) is 0. The van der Waals surface area contributed by atoms with Crippen LogP contribution in [-0.2, 0) is 17.3 Å². The lowest BCUT2D eigenvalue weighted by atomic mass is 10.1. The topological polar surface area (TPSA) is 46.6 Å². The predicted octanol–water partition coefficient (Wildman–Crippen LogP) is 3.15. The number of carbonyl (C=O) groups excluding carboxylic acids is 2. The molecule has 2 amide bonds. The molecule has 0 fully saturated rings. The number of nitrogens with zero attached hydrogens (tertiary/aromatic N) is 1. The van der Waals surface area contributed by atoms with Crippen LogP contribution in [0.15, 0.2) is 48.5 Å². The van der Waals surface area contributed by atoms with Gasteiger partial charge in [-0.05, 0) is 23.3 Å². The molecule has 0 saturated heterocycles. The Balaban J connectivity index is 1.72. The number of rotatable bonds is 4. The zero-order valence-corrected chi connectivity index (χ0v) is 11.8. The molecule has 3 rings (SSSR count). The van der Waals surface area contributed by atoms with Crippen LogP contribution >= 0.6 is 11.6 Å². The van der Waals surface area contributed by atoms with Crippen molar-refractivity contribution in [1.29, 1.82) is 0 Å². The first-order valence-corrected chi connectivity index (χ1v) is 6.98. The van der Waals surface area contributed by atoms with Crippen LogP contribution in [0.5, 0.6) is 0 Å². The van der Waals surface area contributed by atoms with Crippen molar-refractivity contribution >= 4 is 23.4 Å². The highest BCUT2D eigenvalue weighted by atomic mass is 35.5. The van der Waals surface area contributed by atoms with E-state index in [9.17, 15) is 9.59 Å². The highest BCUT2D eigenvalue weighted by Gasteiger charge is 2.36. The molecule has 0 unspecified atom stereocenters. The van der Waals surface area contributed by atoms with Crippen LogP contribution in [0.25, 0.3) is 0 Å². The van der Waals surface area contributed by atoms with Crippen molar-refractivity contribution in [2.45, 2.75) is 12.5 Å². The van der Waals surface area contributed by atoms with Crippen LogP contribution in [0.3, 0.4) is 0 Å². The zero-order valence-electron chi connectivity index (χ0n) is 11.1. The SMILES string of the molecule is O=C1c2ccccc2C(=O)N1OCc1ccc(CCl)cc1. The van der Waals surface area contributed by atoms with Gasteiger partial charge < -0.3 is 0 Å². The van der Waals surface area contributed by atoms with E-state index in [-0.39, 0.29) is 6.61 Å². The van der Waals surface area contributed by atoms with E-state index in [0.29, 0.717) is 17.0 Å². The molecule has 0 aromatic heterocycles. The molecule has 0 atom stereocenters. The molecule has 0 aliphatic carbocycles. The van der Waals surface area contributed by atoms with Gasteiger partial charge in [0.2, 0.25) is 0 Å². The van der Waals surface area contributed by atoms with Crippen molar-refractivity contribution < 1.29 is 14.4 Å². The molecule has 0 spiro atoms. The van der Waals surface area contributed by atoms with Crippen molar-refractivity contribution in [2.75, 3.05) is 0 Å². The Morgan fingerprint density at radius 2 is 1.38 bits per heavy atom. The molecular weight excluding hydrogens is 290 g/mol. The van der Waals surface area contributed by atoms with Crippen molar-refractivity contribution in [3.05, 3.63) is 70.8 Å². The van der Waals surface area contributed by atoms with Gasteiger partial charge in [0.1, 0.15) is 6.61 Å². The van der Waals surface area contributed by atoms with E-state index in [4.69, 9.17) is 16.4 Å². The molecular formula is C16H12ClNO3. The second-order valence-electron chi connectivity index (χ2n) is 4.67. The summed E-state index contributed by atoms with van der Waals surface area (Å²) in [4.78, 5) is 29.6. The monoisotopic (exact) mass is 301 g/mol. The first kappa shape index (κ1) is 13.8. The Hall–Kier alpha value is -2.17. The number of halogens is 1. The fourth-order valence-electron chi connectivity index (χ4n) is 2.15. The summed E-state index contributed by atoms with van der Waals surface area (Å²) in [7, 11) is 0. The average molecular weight is 302 g/mol. The minimum atomic E-state index is -0.423. The molecule has 21 heavy (non-hydrogen) atoms. The third-order valence-electron chi connectivity index (χ3n) is 3.29. The maximum Gasteiger partial charge on any atom is 0.285 e. The van der Waals surface area contributed by atoms with E-state index < -0.39 is 11.8 Å². The number of hydroxylamine groups is 2. The minimum Gasteiger partial charge on any atom is -0.266 e. The number of hydrogen-bond acceptors (Lipinski definition) is 3. The van der Waals surface area contributed by atoms with E-state index in [2.05, 4.69) is 0 Å². The van der Waals surface area contributed by atoms with Gasteiger partial charge in [-0.2, -0.15) is 0 Å². The van der Waals surface area contributed by atoms with Gasteiger partial charge in [-0.3, -0.25) is 14.4 Å². The van der Waals surface area contributed by atoms with Crippen LogP contribution in [0.4, 0.5) is 0 Å². The second kappa shape index (κ2) is 5.68. The fourth-order valence-corrected chi connectivity index (χ4v) is 2.33. The lowest BCUT2D eigenvalue weighted by molar-refractivity contribution is -0.101. The Morgan fingerprint density at radius 3 is 1.90 bits per heavy atom. The molecule has 2 aromatic rings. The lowest BCUT2D eigenvalue weighted by Gasteiger charge is -2.13. The predicted molar refractivity (Wildman–Crippen MR) is 77.7 cm³/mol. The molecule has 0 radical (unpaired) electrons. The molecule has 106 valence electrons. The lowest BCUT2D eigenvalue weighted by Crippen LogP contribution is -2.29. The summed E-state index contributed by atoms with van der Waals surface area (Å²) < 4.78 is 0. The molecule has 0 N–H and O–H groups in total. The van der Waals surface area contributed by atoms with Crippen LogP contribution < -0.4 is 0 Å². The van der Waals surface area contributed by atoms with Gasteiger partial charge in [0.15, 0.2) is 0 Å². The Kier molecular flexibility index (Phi) is 3.73. The van der Waals surface area contributed by atoms with E-state index >= 15 is 0 Å². The zero-order chi connectivity index (χ0) is 14.8. The summed E-state index contributed by atoms with van der Waals surface area (Å²) in [5, 5.41) is 0.820. The van der Waals surface area contributed by atoms with E-state index in [1.165, 1.54) is 0 Å². The molecule has 0 bridgehead atoms. The van der Waals surface area contributed by atoms with Gasteiger partial charge in [0, 0.05) is 5.88 Å². The van der Waals surface area contributed by atoms with E-state index in [1.54, 1.807) is 24.3 Å². The minimum absolute atomic E-state index is 0.147. The Morgan fingerprint density at radius 1 is 0.857 bits per heavy atom. The van der Waals surface area contributed by atoms with Crippen molar-refractivity contribution in [2.24, 2.45) is 0 Å². The smallest absolute Gasteiger partial charge is 0.266 e. The number of benzene rings is 2. The van der Waals surface area contributed by atoms with Crippen molar-refractivity contribution in [1.82, 2.24) is 5.06 Å². The maximum atomic E-state index is 12.1. The molecule has 1 aliphatic heterocycles. The second-order valence-corrected chi connectivity index (χ2v) is 4.94. The number of hydrogen-bond donors (Lipinski definition) is 0. The number of fused-ring (bicyclic) bond motifs is 1. The average Bonchev–Trinajstić information content (AvgIpc) is 2.78. The third-order valence-corrected chi connectivity index (χ3v) is 3.60. The van der Waals surface area contributed by atoms with Gasteiger partial charge >= 0.3 is 0 Å². The van der Waals surface area contributed by atoms with Crippen LogP contribution in [0.2, 0.25) is 0 Å². The number of imide groups is 1. The Bertz CT molecular complexity index is 662. The third kappa shape index (κ3) is 2.55. The first-order valence-electron chi connectivity index (χ1n) is 6.45. The largest absolute Gasteiger partial charge is 0.285 e. The highest BCUT2D eigenvalue weighted by molar-refractivity contribution is 6.20. The fraction of sp³-hybridized carbons (Fsp3) is 0.125. The van der Waals surface area contributed by atoms with Crippen LogP contribution in [0.1, 0.15) is 31.8 Å². The van der Waals surface area contributed by atoms with Gasteiger partial charge in [0.25, 0.3) is 11.8 Å². The molecule has 2 aromatic carbocycles. The van der Waals surface area contributed by atoms with Crippen LogP contribution in [-0.4, -0.2) is 16.9 Å². The summed E-state index contributed by atoms with van der Waals surface area (Å²) in [5.41, 5.74) is 2.61. The Labute approximate surface area is 126 Å². The van der Waals surface area contributed by atoms with E-state index in [0.717, 1.165) is 16.2 Å². The molecule has 0 saturated carbocycles. The van der Waals surface area contributed by atoms with Crippen molar-refractivity contribution in [3.63, 3.8) is 0 Å². The normalized spacial score (nSPS) is 13.7. The molecule has 5 heteroatoms. The summed E-state index contributed by atoms with van der Waals surface area (Å²) in [6, 6.07) is 14.2. The van der Waals surface area contributed by atoms with Gasteiger partial charge in [-0.25, -0.2) is 0 Å². The van der Waals surface area contributed by atoms with E-state index in [1.807, 2.05) is 24.3 Å². The summed E-state index contributed by atoms with van der Waals surface area (Å²) >= 11 is 5.72. The van der Waals surface area contributed by atoms with Crippen LogP contribution in [0, 0.1) is 0 Å². The number of carbonyl (C=O) groups is 2. The molecule has 1 heterocycles. The van der Waals surface area contributed by atoms with Crippen molar-refractivity contribution in [3.8, 4) is 0 Å². The quantitative estimate of drug-likeness (QED) is 0.644. The van der Waals surface area contributed by atoms with Gasteiger partial charge in [-0.1, -0.05) is 36.4 Å². The van der Waals surface area contributed by atoms with Gasteiger partial charge in [-0.15, -0.1) is 16.7 Å². The maximum absolute atomic E-state index is 12.1. The number of alkyl halides is 1. The summed E-state index contributed by atoms with van der Waals surface area (Å²) in [5.74, 6) is -0.402. The van der Waals surface area contributed by atoms with Gasteiger partial charge in [0.05, 0.1) is 11.1 Å². The standard InChI is InChI=1S/C16H12ClNO3/c17-9-11-5-7-12(8-6-11)10-21-18-15(19)13-3-1-2-4-14(13)16(18)20/h1-8H,9-10H2. The first-order chi connectivity index (χ1) is 10.2. The molecule has 1 aliphatic rings. The highest BCUT2D eigenvalue weighted by Crippen LogP contribution is 2.23. The molecule has 4 nitrogen and oxygen atoms in total. The number of amides is 2.